The smallest absolute Gasteiger partial charge is 0.120 e. The van der Waals surface area contributed by atoms with Crippen LogP contribution in [0, 0.1) is 0 Å². The summed E-state index contributed by atoms with van der Waals surface area (Å²) in [5, 5.41) is 16.3. The molecule has 0 bridgehead atoms. The Morgan fingerprint density at radius 3 is 2.71 bits per heavy atom. The molecule has 1 aromatic carbocycles. The molecule has 0 radical (unpaired) electrons. The maximum absolute atomic E-state index is 9.63. The monoisotopic (exact) mass is 192 g/mol. The zero-order chi connectivity index (χ0) is 9.97. The second-order valence-electron chi connectivity index (χ2n) is 3.80. The van der Waals surface area contributed by atoms with Gasteiger partial charge in [0.1, 0.15) is 5.75 Å². The van der Waals surface area contributed by atoms with E-state index >= 15 is 0 Å². The van der Waals surface area contributed by atoms with E-state index in [4.69, 9.17) is 0 Å². The number of hydrogen-bond donors (Lipinski definition) is 3. The van der Waals surface area contributed by atoms with Gasteiger partial charge in [0.15, 0.2) is 0 Å². The van der Waals surface area contributed by atoms with Crippen molar-refractivity contribution in [2.24, 2.45) is 0 Å². The molecule has 3 heteroatoms. The van der Waals surface area contributed by atoms with Gasteiger partial charge in [-0.05, 0) is 13.0 Å². The van der Waals surface area contributed by atoms with E-state index in [-0.39, 0.29) is 6.04 Å². The fourth-order valence-electron chi connectivity index (χ4n) is 1.70. The standard InChI is InChI=1S/C11H16N2O/c1-8(13-9-6-12-7-9)10-4-2-3-5-11(10)14/h2-5,8-9,12-14H,6-7H2,1H3. The summed E-state index contributed by atoms with van der Waals surface area (Å²) in [5.74, 6) is 0.375. The van der Waals surface area contributed by atoms with Crippen molar-refractivity contribution in [3.63, 3.8) is 0 Å². The third kappa shape index (κ3) is 1.89. The van der Waals surface area contributed by atoms with Crippen LogP contribution in [0.2, 0.25) is 0 Å². The third-order valence-corrected chi connectivity index (χ3v) is 2.67. The molecule has 1 atom stereocenters. The highest BCUT2D eigenvalue weighted by atomic mass is 16.3. The Balaban J connectivity index is 2.02. The predicted octanol–water partition coefficient (Wildman–Crippen LogP) is 1.01. The SMILES string of the molecule is CC(NC1CNC1)c1ccccc1O. The van der Waals surface area contributed by atoms with E-state index in [1.807, 2.05) is 18.2 Å². The van der Waals surface area contributed by atoms with Gasteiger partial charge in [-0.3, -0.25) is 0 Å². The Kier molecular flexibility index (Phi) is 2.70. The van der Waals surface area contributed by atoms with Crippen LogP contribution in [-0.4, -0.2) is 24.2 Å². The molecule has 3 N–H and O–H groups in total. The lowest BCUT2D eigenvalue weighted by Gasteiger charge is -2.31. The average molecular weight is 192 g/mol. The molecule has 0 saturated carbocycles. The second kappa shape index (κ2) is 3.98. The van der Waals surface area contributed by atoms with Crippen LogP contribution in [0.25, 0.3) is 0 Å². The van der Waals surface area contributed by atoms with Gasteiger partial charge < -0.3 is 15.7 Å². The molecule has 76 valence electrons. The molecule has 0 aromatic heterocycles. The summed E-state index contributed by atoms with van der Waals surface area (Å²) in [6.07, 6.45) is 0. The molecule has 1 aromatic rings. The maximum Gasteiger partial charge on any atom is 0.120 e. The summed E-state index contributed by atoms with van der Waals surface area (Å²) < 4.78 is 0. The minimum absolute atomic E-state index is 0.211. The van der Waals surface area contributed by atoms with Gasteiger partial charge in [-0.15, -0.1) is 0 Å². The molecule has 1 aliphatic heterocycles. The number of nitrogens with one attached hydrogen (secondary N) is 2. The van der Waals surface area contributed by atoms with Crippen molar-refractivity contribution >= 4 is 0 Å². The van der Waals surface area contributed by atoms with Crippen molar-refractivity contribution in [1.29, 1.82) is 0 Å². The van der Waals surface area contributed by atoms with E-state index in [1.54, 1.807) is 6.07 Å². The fraction of sp³-hybridized carbons (Fsp3) is 0.455. The van der Waals surface area contributed by atoms with E-state index in [1.165, 1.54) is 0 Å². The van der Waals surface area contributed by atoms with Gasteiger partial charge in [0.2, 0.25) is 0 Å². The second-order valence-corrected chi connectivity index (χ2v) is 3.80. The number of benzene rings is 1. The lowest BCUT2D eigenvalue weighted by molar-refractivity contribution is 0.334. The number of rotatable bonds is 3. The maximum atomic E-state index is 9.63. The molecule has 2 rings (SSSR count). The van der Waals surface area contributed by atoms with Crippen LogP contribution in [0.4, 0.5) is 0 Å². The number of hydrogen-bond acceptors (Lipinski definition) is 3. The van der Waals surface area contributed by atoms with Crippen LogP contribution in [0.1, 0.15) is 18.5 Å². The van der Waals surface area contributed by atoms with E-state index in [0.29, 0.717) is 11.8 Å². The Morgan fingerprint density at radius 1 is 1.43 bits per heavy atom. The zero-order valence-electron chi connectivity index (χ0n) is 8.33. The first-order valence-electron chi connectivity index (χ1n) is 5.02. The predicted molar refractivity (Wildman–Crippen MR) is 56.3 cm³/mol. The van der Waals surface area contributed by atoms with Crippen molar-refractivity contribution < 1.29 is 5.11 Å². The number of phenolic OH excluding ortho intramolecular Hbond substituents is 1. The van der Waals surface area contributed by atoms with E-state index in [9.17, 15) is 5.11 Å². The van der Waals surface area contributed by atoms with Crippen LogP contribution < -0.4 is 10.6 Å². The highest BCUT2D eigenvalue weighted by Gasteiger charge is 2.19. The minimum Gasteiger partial charge on any atom is -0.508 e. The summed E-state index contributed by atoms with van der Waals surface area (Å²) in [6, 6.07) is 8.24. The van der Waals surface area contributed by atoms with Crippen LogP contribution in [0.5, 0.6) is 5.75 Å². The van der Waals surface area contributed by atoms with Crippen LogP contribution >= 0.6 is 0 Å². The Bertz CT molecular complexity index is 310. The molecule has 1 aliphatic rings. The quantitative estimate of drug-likeness (QED) is 0.670. The lowest BCUT2D eigenvalue weighted by atomic mass is 10.0. The van der Waals surface area contributed by atoms with E-state index in [0.717, 1.165) is 18.7 Å². The highest BCUT2D eigenvalue weighted by Crippen LogP contribution is 2.23. The van der Waals surface area contributed by atoms with E-state index in [2.05, 4.69) is 17.6 Å². The Labute approximate surface area is 84.1 Å². The Hall–Kier alpha value is -1.06. The largest absolute Gasteiger partial charge is 0.508 e. The topological polar surface area (TPSA) is 44.3 Å². The molecule has 1 heterocycles. The molecular formula is C11H16N2O. The molecule has 0 spiro atoms. The summed E-state index contributed by atoms with van der Waals surface area (Å²) in [6.45, 7) is 4.13. The van der Waals surface area contributed by atoms with Crippen molar-refractivity contribution in [2.45, 2.75) is 19.0 Å². The van der Waals surface area contributed by atoms with Gasteiger partial charge in [0, 0.05) is 30.7 Å². The van der Waals surface area contributed by atoms with Gasteiger partial charge in [-0.1, -0.05) is 18.2 Å². The van der Waals surface area contributed by atoms with Gasteiger partial charge in [-0.2, -0.15) is 0 Å². The van der Waals surface area contributed by atoms with E-state index < -0.39 is 0 Å². The van der Waals surface area contributed by atoms with Crippen LogP contribution in [0.15, 0.2) is 24.3 Å². The number of aromatic hydroxyl groups is 1. The first kappa shape index (κ1) is 9.49. The van der Waals surface area contributed by atoms with Crippen molar-refractivity contribution in [3.8, 4) is 5.75 Å². The molecule has 1 unspecified atom stereocenters. The fourth-order valence-corrected chi connectivity index (χ4v) is 1.70. The summed E-state index contributed by atoms with van der Waals surface area (Å²) in [7, 11) is 0. The first-order chi connectivity index (χ1) is 6.77. The van der Waals surface area contributed by atoms with Crippen LogP contribution in [0.3, 0.4) is 0 Å². The summed E-state index contributed by atoms with van der Waals surface area (Å²) >= 11 is 0. The van der Waals surface area contributed by atoms with Gasteiger partial charge in [0.05, 0.1) is 0 Å². The summed E-state index contributed by atoms with van der Waals surface area (Å²) in [5.41, 5.74) is 0.972. The highest BCUT2D eigenvalue weighted by molar-refractivity contribution is 5.34. The molecule has 3 nitrogen and oxygen atoms in total. The molecule has 1 saturated heterocycles. The molecule has 0 aliphatic carbocycles. The average Bonchev–Trinajstić information content (AvgIpc) is 2.12. The lowest BCUT2D eigenvalue weighted by Crippen LogP contribution is -2.55. The van der Waals surface area contributed by atoms with Crippen molar-refractivity contribution in [3.05, 3.63) is 29.8 Å². The molecular weight excluding hydrogens is 176 g/mol. The summed E-state index contributed by atoms with van der Waals surface area (Å²) in [4.78, 5) is 0. The number of para-hydroxylation sites is 1. The minimum atomic E-state index is 0.211. The van der Waals surface area contributed by atoms with Crippen LogP contribution in [-0.2, 0) is 0 Å². The van der Waals surface area contributed by atoms with Gasteiger partial charge in [-0.25, -0.2) is 0 Å². The van der Waals surface area contributed by atoms with Crippen molar-refractivity contribution in [1.82, 2.24) is 10.6 Å². The molecule has 0 amide bonds. The molecule has 14 heavy (non-hydrogen) atoms. The molecule has 1 fully saturated rings. The third-order valence-electron chi connectivity index (χ3n) is 2.67. The first-order valence-corrected chi connectivity index (χ1v) is 5.02. The van der Waals surface area contributed by atoms with Gasteiger partial charge in [0.25, 0.3) is 0 Å². The number of phenols is 1. The zero-order valence-corrected chi connectivity index (χ0v) is 8.33. The van der Waals surface area contributed by atoms with Crippen molar-refractivity contribution in [2.75, 3.05) is 13.1 Å². The van der Waals surface area contributed by atoms with Gasteiger partial charge >= 0.3 is 0 Å². The normalized spacial score (nSPS) is 18.9. The Morgan fingerprint density at radius 2 is 2.14 bits per heavy atom.